The van der Waals surface area contributed by atoms with E-state index in [1.807, 2.05) is 0 Å². The molecule has 1 aromatic rings. The van der Waals surface area contributed by atoms with Gasteiger partial charge >= 0.3 is 0 Å². The van der Waals surface area contributed by atoms with Gasteiger partial charge in [-0.2, -0.15) is 0 Å². The quantitative estimate of drug-likeness (QED) is 0.202. The second-order valence-electron chi connectivity index (χ2n) is 7.13. The van der Waals surface area contributed by atoms with Gasteiger partial charge < -0.3 is 20.7 Å². The molecular formula is C21H34FIN4O2. The van der Waals surface area contributed by atoms with E-state index < -0.39 is 0 Å². The molecule has 0 aliphatic heterocycles. The van der Waals surface area contributed by atoms with Gasteiger partial charge in [-0.05, 0) is 43.9 Å². The lowest BCUT2D eigenvalue weighted by Gasteiger charge is -2.22. The Morgan fingerprint density at radius 2 is 1.83 bits per heavy atom. The molecule has 1 amide bonds. The van der Waals surface area contributed by atoms with E-state index in [2.05, 4.69) is 20.9 Å². The second-order valence-corrected chi connectivity index (χ2v) is 7.13. The minimum Gasteiger partial charge on any atom is -0.378 e. The molecule has 6 nitrogen and oxygen atoms in total. The highest BCUT2D eigenvalue weighted by Crippen LogP contribution is 2.20. The van der Waals surface area contributed by atoms with Gasteiger partial charge in [0.15, 0.2) is 5.96 Å². The van der Waals surface area contributed by atoms with Crippen LogP contribution in [-0.4, -0.2) is 51.3 Å². The monoisotopic (exact) mass is 520 g/mol. The molecule has 0 bridgehead atoms. The van der Waals surface area contributed by atoms with Gasteiger partial charge in [-0.3, -0.25) is 9.79 Å². The smallest absolute Gasteiger partial charge is 0.251 e. The number of nitrogens with one attached hydrogen (secondary N) is 3. The van der Waals surface area contributed by atoms with Gasteiger partial charge in [0.1, 0.15) is 5.82 Å². The summed E-state index contributed by atoms with van der Waals surface area (Å²) in [6.07, 6.45) is 7.66. The molecule has 0 spiro atoms. The van der Waals surface area contributed by atoms with E-state index in [1.54, 1.807) is 26.1 Å². The highest BCUT2D eigenvalue weighted by molar-refractivity contribution is 14.0. The minimum atomic E-state index is -0.372. The first-order chi connectivity index (χ1) is 13.6. The van der Waals surface area contributed by atoms with Crippen molar-refractivity contribution in [1.82, 2.24) is 16.0 Å². The third kappa shape index (κ3) is 9.75. The van der Waals surface area contributed by atoms with Gasteiger partial charge in [0, 0.05) is 38.9 Å². The maximum atomic E-state index is 13.5. The van der Waals surface area contributed by atoms with Crippen LogP contribution in [0.3, 0.4) is 0 Å². The summed E-state index contributed by atoms with van der Waals surface area (Å²) in [5, 5.41) is 9.15. The summed E-state index contributed by atoms with van der Waals surface area (Å²) in [5.41, 5.74) is 0.848. The zero-order valence-electron chi connectivity index (χ0n) is 17.4. The van der Waals surface area contributed by atoms with E-state index in [9.17, 15) is 9.18 Å². The lowest BCUT2D eigenvalue weighted by Crippen LogP contribution is -2.42. The van der Waals surface area contributed by atoms with Gasteiger partial charge in [0.2, 0.25) is 0 Å². The molecule has 0 heterocycles. The lowest BCUT2D eigenvalue weighted by molar-refractivity contribution is 0.0277. The number of aliphatic imine (C=N–C) groups is 1. The predicted molar refractivity (Wildman–Crippen MR) is 126 cm³/mol. The number of hydrogen-bond acceptors (Lipinski definition) is 3. The van der Waals surface area contributed by atoms with Crippen LogP contribution < -0.4 is 16.0 Å². The van der Waals surface area contributed by atoms with E-state index in [4.69, 9.17) is 4.74 Å². The molecule has 0 radical (unpaired) electrons. The van der Waals surface area contributed by atoms with E-state index >= 15 is 0 Å². The topological polar surface area (TPSA) is 74.8 Å². The van der Waals surface area contributed by atoms with Gasteiger partial charge in [-0.15, -0.1) is 24.0 Å². The SMILES string of the molecule is CN=C(NCCCOC1CCCCC1)NCCNC(=O)c1ccc(C)c(F)c1.I. The molecule has 0 aromatic heterocycles. The van der Waals surface area contributed by atoms with Crippen molar-refractivity contribution in [1.29, 1.82) is 0 Å². The second kappa shape index (κ2) is 14.5. The van der Waals surface area contributed by atoms with Crippen LogP contribution >= 0.6 is 24.0 Å². The Balaban J connectivity index is 0.00000420. The largest absolute Gasteiger partial charge is 0.378 e. The Bertz CT molecular complexity index is 652. The number of guanidine groups is 1. The first-order valence-corrected chi connectivity index (χ1v) is 10.2. The van der Waals surface area contributed by atoms with Crippen LogP contribution in [0.15, 0.2) is 23.2 Å². The molecule has 1 aliphatic carbocycles. The summed E-state index contributed by atoms with van der Waals surface area (Å²) in [6.45, 7) is 4.15. The number of ether oxygens (including phenoxy) is 1. The van der Waals surface area contributed by atoms with Crippen LogP contribution in [0.1, 0.15) is 54.4 Å². The molecule has 2 rings (SSSR count). The zero-order chi connectivity index (χ0) is 20.2. The third-order valence-electron chi connectivity index (χ3n) is 4.88. The Kier molecular flexibility index (Phi) is 12.8. The Hall–Kier alpha value is -1.42. The van der Waals surface area contributed by atoms with Crippen molar-refractivity contribution in [2.75, 3.05) is 33.3 Å². The Morgan fingerprint density at radius 3 is 2.52 bits per heavy atom. The van der Waals surface area contributed by atoms with E-state index in [0.717, 1.165) is 19.6 Å². The fraction of sp³-hybridized carbons (Fsp3) is 0.619. The molecule has 164 valence electrons. The number of carbonyl (C=O) groups excluding carboxylic acids is 1. The molecule has 1 fully saturated rings. The van der Waals surface area contributed by atoms with Crippen LogP contribution in [0.4, 0.5) is 4.39 Å². The maximum Gasteiger partial charge on any atom is 0.251 e. The van der Waals surface area contributed by atoms with Gasteiger partial charge in [-0.25, -0.2) is 4.39 Å². The zero-order valence-corrected chi connectivity index (χ0v) is 19.8. The van der Waals surface area contributed by atoms with Crippen molar-refractivity contribution < 1.29 is 13.9 Å². The molecule has 0 saturated heterocycles. The number of aryl methyl sites for hydroxylation is 1. The standard InChI is InChI=1S/C21H33FN4O2.HI/c1-16-9-10-17(15-19(16)22)20(27)24-12-13-26-21(23-2)25-11-6-14-28-18-7-4-3-5-8-18;/h9-10,15,18H,3-8,11-14H2,1-2H3,(H,24,27)(H2,23,25,26);1H. The summed E-state index contributed by atoms with van der Waals surface area (Å²) in [7, 11) is 1.71. The van der Waals surface area contributed by atoms with Crippen LogP contribution in [0.5, 0.6) is 0 Å². The van der Waals surface area contributed by atoms with Gasteiger partial charge in [-0.1, -0.05) is 25.3 Å². The molecule has 0 unspecified atom stereocenters. The van der Waals surface area contributed by atoms with Crippen molar-refractivity contribution in [2.45, 2.75) is 51.6 Å². The third-order valence-corrected chi connectivity index (χ3v) is 4.88. The molecule has 8 heteroatoms. The van der Waals surface area contributed by atoms with Crippen molar-refractivity contribution >= 4 is 35.8 Å². The minimum absolute atomic E-state index is 0. The molecule has 1 aromatic carbocycles. The maximum absolute atomic E-state index is 13.5. The number of amides is 1. The fourth-order valence-electron chi connectivity index (χ4n) is 3.17. The number of benzene rings is 1. The van der Waals surface area contributed by atoms with Crippen molar-refractivity contribution in [3.05, 3.63) is 35.1 Å². The molecule has 29 heavy (non-hydrogen) atoms. The normalized spacial score (nSPS) is 14.8. The Morgan fingerprint density at radius 1 is 1.14 bits per heavy atom. The summed E-state index contributed by atoms with van der Waals surface area (Å²) in [5.74, 6) is 0.0275. The van der Waals surface area contributed by atoms with E-state index in [-0.39, 0.29) is 35.7 Å². The van der Waals surface area contributed by atoms with E-state index in [0.29, 0.717) is 36.3 Å². The average Bonchev–Trinajstić information content (AvgIpc) is 2.72. The summed E-state index contributed by atoms with van der Waals surface area (Å²) < 4.78 is 19.4. The van der Waals surface area contributed by atoms with Gasteiger partial charge in [0.05, 0.1) is 6.10 Å². The van der Waals surface area contributed by atoms with Gasteiger partial charge in [0.25, 0.3) is 5.91 Å². The van der Waals surface area contributed by atoms with Crippen LogP contribution in [0.25, 0.3) is 0 Å². The molecule has 0 atom stereocenters. The van der Waals surface area contributed by atoms with Crippen LogP contribution in [0, 0.1) is 12.7 Å². The van der Waals surface area contributed by atoms with Crippen LogP contribution in [-0.2, 0) is 4.74 Å². The average molecular weight is 520 g/mol. The number of nitrogens with zero attached hydrogens (tertiary/aromatic N) is 1. The summed E-state index contributed by atoms with van der Waals surface area (Å²) in [6, 6.07) is 4.48. The lowest BCUT2D eigenvalue weighted by atomic mass is 9.98. The number of carbonyl (C=O) groups is 1. The number of hydrogen-bond donors (Lipinski definition) is 3. The Labute approximate surface area is 190 Å². The molecule has 3 N–H and O–H groups in total. The van der Waals surface area contributed by atoms with E-state index in [1.165, 1.54) is 38.2 Å². The van der Waals surface area contributed by atoms with Crippen molar-refractivity contribution in [3.8, 4) is 0 Å². The molecular weight excluding hydrogens is 486 g/mol. The summed E-state index contributed by atoms with van der Waals surface area (Å²) in [4.78, 5) is 16.2. The first kappa shape index (κ1) is 25.6. The first-order valence-electron chi connectivity index (χ1n) is 10.2. The highest BCUT2D eigenvalue weighted by Gasteiger charge is 2.13. The number of halogens is 2. The predicted octanol–water partition coefficient (Wildman–Crippen LogP) is 3.39. The molecule has 1 saturated carbocycles. The highest BCUT2D eigenvalue weighted by atomic mass is 127. The fourth-order valence-corrected chi connectivity index (χ4v) is 3.17. The number of rotatable bonds is 9. The molecule has 1 aliphatic rings. The van der Waals surface area contributed by atoms with Crippen molar-refractivity contribution in [3.63, 3.8) is 0 Å². The van der Waals surface area contributed by atoms with Crippen molar-refractivity contribution in [2.24, 2.45) is 4.99 Å². The summed E-state index contributed by atoms with van der Waals surface area (Å²) >= 11 is 0. The van der Waals surface area contributed by atoms with Crippen LogP contribution in [0.2, 0.25) is 0 Å².